The Morgan fingerprint density at radius 3 is 2.67 bits per heavy atom. The summed E-state index contributed by atoms with van der Waals surface area (Å²) in [4.78, 5) is 16.7. The highest BCUT2D eigenvalue weighted by molar-refractivity contribution is 6.02. The summed E-state index contributed by atoms with van der Waals surface area (Å²) in [5.41, 5.74) is 5.11. The topological polar surface area (TPSA) is 55.1 Å². The summed E-state index contributed by atoms with van der Waals surface area (Å²) >= 11 is 0. The number of aryl methyl sites for hydroxylation is 1. The van der Waals surface area contributed by atoms with Crippen LogP contribution in [0, 0.1) is 6.92 Å². The smallest absolute Gasteiger partial charge is 0.248 e. The Kier molecular flexibility index (Phi) is 4.54. The molecule has 0 saturated carbocycles. The van der Waals surface area contributed by atoms with E-state index >= 15 is 0 Å². The van der Waals surface area contributed by atoms with Crippen LogP contribution in [0.3, 0.4) is 0 Å². The first-order valence-corrected chi connectivity index (χ1v) is 8.69. The van der Waals surface area contributed by atoms with E-state index in [-0.39, 0.29) is 5.91 Å². The van der Waals surface area contributed by atoms with Crippen molar-refractivity contribution in [3.05, 3.63) is 90.0 Å². The van der Waals surface area contributed by atoms with Gasteiger partial charge in [-0.3, -0.25) is 4.79 Å². The van der Waals surface area contributed by atoms with E-state index in [1.807, 2.05) is 73.7 Å². The van der Waals surface area contributed by atoms with Crippen molar-refractivity contribution in [3.63, 3.8) is 0 Å². The van der Waals surface area contributed by atoms with E-state index in [9.17, 15) is 4.79 Å². The molecule has 1 amide bonds. The van der Waals surface area contributed by atoms with E-state index in [2.05, 4.69) is 10.3 Å². The lowest BCUT2D eigenvalue weighted by Gasteiger charge is -2.01. The van der Waals surface area contributed by atoms with Crippen molar-refractivity contribution in [2.45, 2.75) is 6.92 Å². The molecule has 0 spiro atoms. The maximum absolute atomic E-state index is 12.1. The van der Waals surface area contributed by atoms with E-state index in [0.717, 1.165) is 22.2 Å². The van der Waals surface area contributed by atoms with E-state index in [4.69, 9.17) is 4.42 Å². The number of oxazole rings is 1. The zero-order valence-electron chi connectivity index (χ0n) is 14.8. The van der Waals surface area contributed by atoms with Crippen molar-refractivity contribution in [1.29, 1.82) is 0 Å². The maximum Gasteiger partial charge on any atom is 0.248 e. The minimum absolute atomic E-state index is 0.198. The minimum Gasteiger partial charge on any atom is -0.436 e. The summed E-state index contributed by atoms with van der Waals surface area (Å²) in [6, 6.07) is 23.1. The molecule has 0 bridgehead atoms. The zero-order valence-corrected chi connectivity index (χ0v) is 14.8. The van der Waals surface area contributed by atoms with Gasteiger partial charge in [-0.15, -0.1) is 0 Å². The van der Waals surface area contributed by atoms with Gasteiger partial charge >= 0.3 is 0 Å². The molecule has 1 N–H and O–H groups in total. The molecule has 4 nitrogen and oxygen atoms in total. The van der Waals surface area contributed by atoms with Crippen LogP contribution in [-0.4, -0.2) is 10.9 Å². The monoisotopic (exact) mass is 354 g/mol. The summed E-state index contributed by atoms with van der Waals surface area (Å²) in [6.07, 6.45) is 3.29. The standard InChI is InChI=1S/C23H18N2O2/c1-16-6-5-9-18(14-16)23-25-20-12-11-19(15-21(20)27-23)24-22(26)13-10-17-7-3-2-4-8-17/h2-15H,1H3,(H,24,26)/b13-10+. The average molecular weight is 354 g/mol. The second-order valence-corrected chi connectivity index (χ2v) is 6.30. The van der Waals surface area contributed by atoms with Gasteiger partial charge in [0, 0.05) is 23.4 Å². The molecule has 0 atom stereocenters. The van der Waals surface area contributed by atoms with Gasteiger partial charge < -0.3 is 9.73 Å². The molecule has 4 heteroatoms. The number of hydrogen-bond acceptors (Lipinski definition) is 3. The van der Waals surface area contributed by atoms with Crippen molar-refractivity contribution in [2.24, 2.45) is 0 Å². The first-order valence-electron chi connectivity index (χ1n) is 8.69. The maximum atomic E-state index is 12.1. The molecular weight excluding hydrogens is 336 g/mol. The van der Waals surface area contributed by atoms with Crippen LogP contribution < -0.4 is 5.32 Å². The van der Waals surface area contributed by atoms with Gasteiger partial charge in [0.25, 0.3) is 0 Å². The Labute approximate surface area is 157 Å². The zero-order chi connectivity index (χ0) is 18.6. The molecule has 0 radical (unpaired) electrons. The molecule has 1 heterocycles. The van der Waals surface area contributed by atoms with Crippen molar-refractivity contribution in [2.75, 3.05) is 5.32 Å². The van der Waals surface area contributed by atoms with E-state index in [1.165, 1.54) is 6.08 Å². The average Bonchev–Trinajstić information content (AvgIpc) is 3.11. The molecule has 1 aromatic heterocycles. The molecule has 0 aliphatic carbocycles. The van der Waals surface area contributed by atoms with Gasteiger partial charge in [0.15, 0.2) is 5.58 Å². The Hall–Kier alpha value is -3.66. The minimum atomic E-state index is -0.198. The first kappa shape index (κ1) is 16.8. The van der Waals surface area contributed by atoms with Crippen LogP contribution in [0.15, 0.2) is 83.3 Å². The molecule has 0 unspecified atom stereocenters. The van der Waals surface area contributed by atoms with Gasteiger partial charge in [-0.25, -0.2) is 4.98 Å². The molecule has 0 aliphatic rings. The van der Waals surface area contributed by atoms with Gasteiger partial charge in [0.2, 0.25) is 11.8 Å². The Morgan fingerprint density at radius 1 is 1.00 bits per heavy atom. The van der Waals surface area contributed by atoms with Crippen LogP contribution in [0.4, 0.5) is 5.69 Å². The number of fused-ring (bicyclic) bond motifs is 1. The number of aromatic nitrogens is 1. The number of rotatable bonds is 4. The molecule has 0 fully saturated rings. The second-order valence-electron chi connectivity index (χ2n) is 6.30. The van der Waals surface area contributed by atoms with Gasteiger partial charge in [-0.2, -0.15) is 0 Å². The van der Waals surface area contributed by atoms with E-state index in [0.29, 0.717) is 17.2 Å². The third kappa shape index (κ3) is 3.96. The lowest BCUT2D eigenvalue weighted by molar-refractivity contribution is -0.111. The molecule has 0 aliphatic heterocycles. The molecule has 27 heavy (non-hydrogen) atoms. The predicted molar refractivity (Wildman–Crippen MR) is 108 cm³/mol. The highest BCUT2D eigenvalue weighted by atomic mass is 16.3. The number of nitrogens with zero attached hydrogens (tertiary/aromatic N) is 1. The van der Waals surface area contributed by atoms with Crippen molar-refractivity contribution < 1.29 is 9.21 Å². The molecule has 3 aromatic carbocycles. The normalized spacial score (nSPS) is 11.1. The number of anilines is 1. The van der Waals surface area contributed by atoms with Crippen molar-refractivity contribution in [3.8, 4) is 11.5 Å². The third-order valence-corrected chi connectivity index (χ3v) is 4.15. The summed E-state index contributed by atoms with van der Waals surface area (Å²) in [7, 11) is 0. The molecule has 0 saturated heterocycles. The number of hydrogen-bond donors (Lipinski definition) is 1. The second kappa shape index (κ2) is 7.30. The Morgan fingerprint density at radius 2 is 1.85 bits per heavy atom. The summed E-state index contributed by atoms with van der Waals surface area (Å²) in [6.45, 7) is 2.03. The number of benzene rings is 3. The van der Waals surface area contributed by atoms with Crippen molar-refractivity contribution >= 4 is 28.8 Å². The Bertz CT molecular complexity index is 1130. The lowest BCUT2D eigenvalue weighted by atomic mass is 10.1. The highest BCUT2D eigenvalue weighted by Gasteiger charge is 2.09. The fourth-order valence-electron chi connectivity index (χ4n) is 2.82. The van der Waals surface area contributed by atoms with Gasteiger partial charge in [0.05, 0.1) is 0 Å². The van der Waals surface area contributed by atoms with Crippen LogP contribution in [-0.2, 0) is 4.79 Å². The molecule has 132 valence electrons. The largest absolute Gasteiger partial charge is 0.436 e. The van der Waals surface area contributed by atoms with Crippen LogP contribution in [0.25, 0.3) is 28.6 Å². The number of carbonyl (C=O) groups is 1. The SMILES string of the molecule is Cc1cccc(-c2nc3ccc(NC(=O)/C=C/c4ccccc4)cc3o2)c1. The predicted octanol–water partition coefficient (Wildman–Crippen LogP) is 5.46. The van der Waals surface area contributed by atoms with Crippen LogP contribution >= 0.6 is 0 Å². The van der Waals surface area contributed by atoms with Gasteiger partial charge in [0.1, 0.15) is 5.52 Å². The number of amides is 1. The Balaban J connectivity index is 1.53. The van der Waals surface area contributed by atoms with Gasteiger partial charge in [-0.1, -0.05) is 48.0 Å². The molecular formula is C23H18N2O2. The van der Waals surface area contributed by atoms with Gasteiger partial charge in [-0.05, 0) is 42.8 Å². The number of nitrogens with one attached hydrogen (secondary N) is 1. The van der Waals surface area contributed by atoms with Crippen LogP contribution in [0.1, 0.15) is 11.1 Å². The highest BCUT2D eigenvalue weighted by Crippen LogP contribution is 2.26. The van der Waals surface area contributed by atoms with Crippen LogP contribution in [0.5, 0.6) is 0 Å². The lowest BCUT2D eigenvalue weighted by Crippen LogP contribution is -2.07. The summed E-state index contributed by atoms with van der Waals surface area (Å²) < 4.78 is 5.88. The fraction of sp³-hybridized carbons (Fsp3) is 0.0435. The summed E-state index contributed by atoms with van der Waals surface area (Å²) in [5, 5.41) is 2.85. The third-order valence-electron chi connectivity index (χ3n) is 4.15. The van der Waals surface area contributed by atoms with E-state index in [1.54, 1.807) is 12.1 Å². The van der Waals surface area contributed by atoms with E-state index < -0.39 is 0 Å². The number of carbonyl (C=O) groups excluding carboxylic acids is 1. The molecule has 4 aromatic rings. The molecule has 4 rings (SSSR count). The first-order chi connectivity index (χ1) is 13.2. The quantitative estimate of drug-likeness (QED) is 0.495. The van der Waals surface area contributed by atoms with Crippen molar-refractivity contribution in [1.82, 2.24) is 4.98 Å². The fourth-order valence-corrected chi connectivity index (χ4v) is 2.82. The summed E-state index contributed by atoms with van der Waals surface area (Å²) in [5.74, 6) is 0.373. The van der Waals surface area contributed by atoms with Crippen LogP contribution in [0.2, 0.25) is 0 Å².